The molecule has 1 amide bonds. The summed E-state index contributed by atoms with van der Waals surface area (Å²) in [6, 6.07) is 18.7. The molecule has 1 heterocycles. The zero-order valence-corrected chi connectivity index (χ0v) is 14.3. The molecule has 0 aliphatic carbocycles. The summed E-state index contributed by atoms with van der Waals surface area (Å²) in [5.74, 6) is -0.572. The second kappa shape index (κ2) is 8.76. The van der Waals surface area contributed by atoms with Crippen molar-refractivity contribution in [3.63, 3.8) is 0 Å². The van der Waals surface area contributed by atoms with Gasteiger partial charge in [-0.1, -0.05) is 60.7 Å². The fourth-order valence-corrected chi connectivity index (χ4v) is 2.90. The molecule has 1 unspecified atom stereocenters. The Balaban J connectivity index is 1.76. The number of aromatic amines is 1. The molecule has 3 rings (SSSR count). The summed E-state index contributed by atoms with van der Waals surface area (Å²) in [5.41, 5.74) is 2.69. The van der Waals surface area contributed by atoms with E-state index in [1.54, 1.807) is 12.5 Å². The second-order valence-corrected chi connectivity index (χ2v) is 6.10. The number of nitrogens with one attached hydrogen (secondary N) is 2. The van der Waals surface area contributed by atoms with Crippen LogP contribution in [-0.4, -0.2) is 28.2 Å². The number of hydrogen-bond donors (Lipinski definition) is 2. The Kier molecular flexibility index (Phi) is 5.93. The first-order chi connectivity index (χ1) is 12.8. The van der Waals surface area contributed by atoms with Gasteiger partial charge in [0.15, 0.2) is 0 Å². The molecule has 0 saturated heterocycles. The maximum atomic E-state index is 12.9. The fourth-order valence-electron chi connectivity index (χ4n) is 2.90. The number of rotatable bonds is 8. The number of aromatic nitrogens is 2. The number of hydrogen-bond acceptors (Lipinski definition) is 3. The average molecular weight is 346 g/mol. The van der Waals surface area contributed by atoms with Crippen molar-refractivity contribution >= 4 is 12.2 Å². The lowest BCUT2D eigenvalue weighted by atomic mass is 9.91. The van der Waals surface area contributed by atoms with Crippen molar-refractivity contribution in [2.24, 2.45) is 0 Å². The Hall–Kier alpha value is -3.21. The van der Waals surface area contributed by atoms with Gasteiger partial charge in [-0.25, -0.2) is 4.98 Å². The minimum atomic E-state index is -0.729. The highest BCUT2D eigenvalue weighted by molar-refractivity contribution is 5.86. The quantitative estimate of drug-likeness (QED) is 0.658. The maximum absolute atomic E-state index is 12.9. The van der Waals surface area contributed by atoms with Gasteiger partial charge in [-0.3, -0.25) is 9.59 Å². The zero-order valence-electron chi connectivity index (χ0n) is 14.3. The Morgan fingerprint density at radius 3 is 2.35 bits per heavy atom. The van der Waals surface area contributed by atoms with Crippen LogP contribution in [0.5, 0.6) is 0 Å². The monoisotopic (exact) mass is 346 g/mol. The van der Waals surface area contributed by atoms with Crippen molar-refractivity contribution in [2.45, 2.75) is 24.8 Å². The number of benzene rings is 2. The molecule has 5 heteroatoms. The van der Waals surface area contributed by atoms with Gasteiger partial charge in [0.1, 0.15) is 6.04 Å². The largest absolute Gasteiger partial charge is 0.351 e. The van der Waals surface area contributed by atoms with E-state index >= 15 is 0 Å². The van der Waals surface area contributed by atoms with Gasteiger partial charge in [0.2, 0.25) is 12.2 Å². The van der Waals surface area contributed by atoms with Crippen LogP contribution in [0.1, 0.15) is 22.7 Å². The summed E-state index contributed by atoms with van der Waals surface area (Å²) in [5, 5.41) is 2.81. The van der Waals surface area contributed by atoms with Gasteiger partial charge < -0.3 is 10.3 Å². The van der Waals surface area contributed by atoms with E-state index < -0.39 is 6.04 Å². The number of amides is 1. The summed E-state index contributed by atoms with van der Waals surface area (Å²) in [4.78, 5) is 31.2. The van der Waals surface area contributed by atoms with E-state index in [1.807, 2.05) is 66.9 Å². The standard InChI is InChI=1S/C21H20N3O2/c25-14-19(12-18-13-22-15-23-18)24-21(26)20(17-9-5-2-6-10-17)11-16-7-3-1-4-8-16/h1-10,13,15,19-20H,11-12H2,(H,22,23)(H,24,26)/t19-,20?/m0/s1. The number of carbonyl (C=O) groups excluding carboxylic acids is 2. The number of nitrogens with zero attached hydrogens (tertiary/aromatic N) is 1. The Morgan fingerprint density at radius 2 is 1.73 bits per heavy atom. The van der Waals surface area contributed by atoms with Crippen molar-refractivity contribution in [2.75, 3.05) is 0 Å². The van der Waals surface area contributed by atoms with Crippen LogP contribution in [0.2, 0.25) is 0 Å². The van der Waals surface area contributed by atoms with Gasteiger partial charge in [0.25, 0.3) is 0 Å². The molecule has 1 aromatic heterocycles. The number of imidazole rings is 1. The van der Waals surface area contributed by atoms with E-state index in [2.05, 4.69) is 15.3 Å². The lowest BCUT2D eigenvalue weighted by Gasteiger charge is -2.20. The van der Waals surface area contributed by atoms with Gasteiger partial charge >= 0.3 is 0 Å². The Morgan fingerprint density at radius 1 is 1.04 bits per heavy atom. The van der Waals surface area contributed by atoms with Crippen molar-refractivity contribution < 1.29 is 9.59 Å². The van der Waals surface area contributed by atoms with Crippen LogP contribution in [0.4, 0.5) is 0 Å². The molecule has 131 valence electrons. The smallest absolute Gasteiger partial charge is 0.228 e. The summed E-state index contributed by atoms with van der Waals surface area (Å²) >= 11 is 0. The van der Waals surface area contributed by atoms with Crippen LogP contribution in [0.3, 0.4) is 0 Å². The second-order valence-electron chi connectivity index (χ2n) is 6.10. The molecular weight excluding hydrogens is 326 g/mol. The minimum absolute atomic E-state index is 0.191. The molecule has 26 heavy (non-hydrogen) atoms. The first kappa shape index (κ1) is 17.6. The van der Waals surface area contributed by atoms with Crippen LogP contribution < -0.4 is 5.32 Å². The molecule has 5 nitrogen and oxygen atoms in total. The Bertz CT molecular complexity index is 817. The molecule has 0 saturated carbocycles. The Labute approximate surface area is 152 Å². The van der Waals surface area contributed by atoms with Crippen molar-refractivity contribution in [1.82, 2.24) is 15.3 Å². The molecule has 3 aromatic rings. The molecule has 0 bridgehead atoms. The molecule has 2 atom stereocenters. The van der Waals surface area contributed by atoms with E-state index in [1.165, 1.54) is 0 Å². The van der Waals surface area contributed by atoms with Crippen LogP contribution in [0.25, 0.3) is 0 Å². The fraction of sp³-hybridized carbons (Fsp3) is 0.190. The highest BCUT2D eigenvalue weighted by Crippen LogP contribution is 2.21. The molecule has 0 spiro atoms. The van der Waals surface area contributed by atoms with Gasteiger partial charge in [0, 0.05) is 12.6 Å². The molecule has 2 aromatic carbocycles. The summed E-state index contributed by atoms with van der Waals surface area (Å²) in [6.07, 6.45) is 6.02. The normalized spacial score (nSPS) is 12.9. The van der Waals surface area contributed by atoms with Crippen molar-refractivity contribution in [3.05, 3.63) is 90.0 Å². The van der Waals surface area contributed by atoms with Gasteiger partial charge in [0.05, 0.1) is 17.9 Å². The van der Waals surface area contributed by atoms with E-state index in [9.17, 15) is 9.59 Å². The lowest BCUT2D eigenvalue weighted by Crippen LogP contribution is -2.41. The predicted octanol–water partition coefficient (Wildman–Crippen LogP) is 2.57. The topological polar surface area (TPSA) is 74.8 Å². The first-order valence-electron chi connectivity index (χ1n) is 8.51. The maximum Gasteiger partial charge on any atom is 0.228 e. The highest BCUT2D eigenvalue weighted by atomic mass is 16.2. The van der Waals surface area contributed by atoms with Gasteiger partial charge in [-0.2, -0.15) is 0 Å². The number of carbonyl (C=O) groups is 1. The van der Waals surface area contributed by atoms with E-state index in [0.29, 0.717) is 18.5 Å². The van der Waals surface area contributed by atoms with Crippen molar-refractivity contribution in [1.29, 1.82) is 0 Å². The lowest BCUT2D eigenvalue weighted by molar-refractivity contribution is -0.122. The van der Waals surface area contributed by atoms with Crippen LogP contribution in [0.15, 0.2) is 73.2 Å². The third kappa shape index (κ3) is 4.66. The highest BCUT2D eigenvalue weighted by Gasteiger charge is 2.24. The molecule has 0 fully saturated rings. The summed E-state index contributed by atoms with van der Waals surface area (Å²) < 4.78 is 0. The van der Waals surface area contributed by atoms with E-state index in [4.69, 9.17) is 0 Å². The SMILES string of the molecule is O=[C][C@H](Cc1c[nH]cn1)NC(=O)C(Cc1ccccc1)c1ccccc1. The third-order valence-corrected chi connectivity index (χ3v) is 4.23. The molecular formula is C21H20N3O2. The molecule has 1 radical (unpaired) electrons. The summed E-state index contributed by atoms with van der Waals surface area (Å²) in [6.45, 7) is 0. The predicted molar refractivity (Wildman–Crippen MR) is 99.2 cm³/mol. The number of H-pyrrole nitrogens is 1. The van der Waals surface area contributed by atoms with E-state index in [-0.39, 0.29) is 11.8 Å². The third-order valence-electron chi connectivity index (χ3n) is 4.23. The molecule has 0 aliphatic rings. The van der Waals surface area contributed by atoms with Crippen LogP contribution >= 0.6 is 0 Å². The first-order valence-corrected chi connectivity index (χ1v) is 8.51. The molecule has 2 N–H and O–H groups in total. The van der Waals surface area contributed by atoms with Gasteiger partial charge in [-0.15, -0.1) is 0 Å². The zero-order chi connectivity index (χ0) is 18.2. The van der Waals surface area contributed by atoms with Crippen LogP contribution in [-0.2, 0) is 22.4 Å². The minimum Gasteiger partial charge on any atom is -0.351 e. The van der Waals surface area contributed by atoms with Crippen molar-refractivity contribution in [3.8, 4) is 0 Å². The average Bonchev–Trinajstić information content (AvgIpc) is 3.20. The van der Waals surface area contributed by atoms with Crippen LogP contribution in [0, 0.1) is 0 Å². The molecule has 0 aliphatic heterocycles. The van der Waals surface area contributed by atoms with Gasteiger partial charge in [-0.05, 0) is 17.5 Å². The van der Waals surface area contributed by atoms with E-state index in [0.717, 1.165) is 11.1 Å². The summed E-state index contributed by atoms with van der Waals surface area (Å²) in [7, 11) is 0.